The Morgan fingerprint density at radius 3 is 2.69 bits per heavy atom. The first-order chi connectivity index (χ1) is 7.63. The molecule has 2 rings (SSSR count). The van der Waals surface area contributed by atoms with E-state index in [0.717, 1.165) is 24.4 Å². The Balaban J connectivity index is 2.12. The topological polar surface area (TPSA) is 12.0 Å². The van der Waals surface area contributed by atoms with E-state index in [4.69, 9.17) is 0 Å². The van der Waals surface area contributed by atoms with Gasteiger partial charge in [0.05, 0.1) is 0 Å². The summed E-state index contributed by atoms with van der Waals surface area (Å²) in [5.41, 5.74) is 4.42. The Morgan fingerprint density at radius 1 is 1.31 bits per heavy atom. The molecule has 1 nitrogen and oxygen atoms in total. The van der Waals surface area contributed by atoms with Gasteiger partial charge in [0, 0.05) is 6.04 Å². The molecule has 1 aliphatic carbocycles. The fraction of sp³-hybridized carbons (Fsp3) is 0.600. The van der Waals surface area contributed by atoms with E-state index in [2.05, 4.69) is 51.2 Å². The van der Waals surface area contributed by atoms with Crippen LogP contribution in [-0.4, -0.2) is 12.6 Å². The lowest BCUT2D eigenvalue weighted by molar-refractivity contribution is 0.186. The van der Waals surface area contributed by atoms with Gasteiger partial charge in [0.2, 0.25) is 0 Å². The first-order valence-electron chi connectivity index (χ1n) is 6.44. The molecule has 88 valence electrons. The van der Waals surface area contributed by atoms with Crippen LogP contribution in [0.5, 0.6) is 0 Å². The molecule has 0 aromatic heterocycles. The molecule has 3 unspecified atom stereocenters. The van der Waals surface area contributed by atoms with Crippen molar-refractivity contribution < 1.29 is 0 Å². The molecule has 1 saturated carbocycles. The normalized spacial score (nSPS) is 28.9. The fourth-order valence-electron chi connectivity index (χ4n) is 2.89. The number of benzene rings is 1. The predicted octanol–water partition coefficient (Wildman–Crippen LogP) is 3.40. The minimum Gasteiger partial charge on any atom is -0.314 e. The third-order valence-electron chi connectivity index (χ3n) is 4.08. The van der Waals surface area contributed by atoms with Crippen molar-refractivity contribution in [3.05, 3.63) is 34.9 Å². The van der Waals surface area contributed by atoms with Gasteiger partial charge in [-0.1, -0.05) is 37.6 Å². The standard InChI is InChI=1S/C15H23N/c1-5-16-15-9-14(12(15)4)13-8-10(2)6-7-11(13)3/h6-8,12,14-16H,5,9H2,1-4H3. The highest BCUT2D eigenvalue weighted by Crippen LogP contribution is 2.43. The van der Waals surface area contributed by atoms with E-state index < -0.39 is 0 Å². The molecule has 16 heavy (non-hydrogen) atoms. The highest BCUT2D eigenvalue weighted by Gasteiger charge is 2.38. The molecule has 0 radical (unpaired) electrons. The number of rotatable bonds is 3. The Bertz CT molecular complexity index is 370. The van der Waals surface area contributed by atoms with Gasteiger partial charge in [0.25, 0.3) is 0 Å². The van der Waals surface area contributed by atoms with Crippen LogP contribution in [0.15, 0.2) is 18.2 Å². The summed E-state index contributed by atoms with van der Waals surface area (Å²) in [7, 11) is 0. The first-order valence-corrected chi connectivity index (χ1v) is 6.44. The van der Waals surface area contributed by atoms with E-state index in [1.165, 1.54) is 17.5 Å². The molecule has 0 saturated heterocycles. The molecule has 0 spiro atoms. The van der Waals surface area contributed by atoms with Gasteiger partial charge in [0.1, 0.15) is 0 Å². The van der Waals surface area contributed by atoms with Gasteiger partial charge in [0.15, 0.2) is 0 Å². The summed E-state index contributed by atoms with van der Waals surface area (Å²) >= 11 is 0. The lowest BCUT2D eigenvalue weighted by atomic mass is 9.66. The highest BCUT2D eigenvalue weighted by molar-refractivity contribution is 5.35. The molecule has 0 amide bonds. The minimum atomic E-state index is 0.731. The zero-order chi connectivity index (χ0) is 11.7. The van der Waals surface area contributed by atoms with Crippen LogP contribution in [0.4, 0.5) is 0 Å². The van der Waals surface area contributed by atoms with Crippen molar-refractivity contribution in [3.8, 4) is 0 Å². The van der Waals surface area contributed by atoms with Crippen LogP contribution in [0.2, 0.25) is 0 Å². The summed E-state index contributed by atoms with van der Waals surface area (Å²) in [6.45, 7) is 10.1. The third-order valence-corrected chi connectivity index (χ3v) is 4.08. The molecular weight excluding hydrogens is 194 g/mol. The van der Waals surface area contributed by atoms with Gasteiger partial charge in [-0.15, -0.1) is 0 Å². The second-order valence-corrected chi connectivity index (χ2v) is 5.23. The van der Waals surface area contributed by atoms with Crippen molar-refractivity contribution in [1.29, 1.82) is 0 Å². The summed E-state index contributed by atoms with van der Waals surface area (Å²) in [4.78, 5) is 0. The van der Waals surface area contributed by atoms with Crippen molar-refractivity contribution in [2.75, 3.05) is 6.54 Å². The molecule has 1 aliphatic rings. The molecule has 3 atom stereocenters. The molecule has 1 N–H and O–H groups in total. The van der Waals surface area contributed by atoms with Crippen LogP contribution in [0, 0.1) is 19.8 Å². The van der Waals surface area contributed by atoms with Crippen LogP contribution in [0.3, 0.4) is 0 Å². The lowest BCUT2D eigenvalue weighted by Crippen LogP contribution is -2.47. The Hall–Kier alpha value is -0.820. The molecule has 1 fully saturated rings. The number of hydrogen-bond donors (Lipinski definition) is 1. The number of nitrogens with one attached hydrogen (secondary N) is 1. The lowest BCUT2D eigenvalue weighted by Gasteiger charge is -2.44. The van der Waals surface area contributed by atoms with E-state index in [-0.39, 0.29) is 0 Å². The average Bonchev–Trinajstić information content (AvgIpc) is 2.27. The van der Waals surface area contributed by atoms with Crippen LogP contribution in [-0.2, 0) is 0 Å². The van der Waals surface area contributed by atoms with E-state index in [9.17, 15) is 0 Å². The largest absolute Gasteiger partial charge is 0.314 e. The zero-order valence-electron chi connectivity index (χ0n) is 10.9. The maximum atomic E-state index is 3.57. The SMILES string of the molecule is CCNC1CC(c2cc(C)ccc2C)C1C. The molecule has 1 heteroatoms. The number of hydrogen-bond acceptors (Lipinski definition) is 1. The minimum absolute atomic E-state index is 0.731. The summed E-state index contributed by atoms with van der Waals surface area (Å²) in [6.07, 6.45) is 1.30. The quantitative estimate of drug-likeness (QED) is 0.818. The van der Waals surface area contributed by atoms with Crippen molar-refractivity contribution in [2.24, 2.45) is 5.92 Å². The first kappa shape index (κ1) is 11.7. The van der Waals surface area contributed by atoms with Crippen LogP contribution >= 0.6 is 0 Å². The van der Waals surface area contributed by atoms with Gasteiger partial charge in [-0.05, 0) is 49.8 Å². The van der Waals surface area contributed by atoms with Crippen LogP contribution < -0.4 is 5.32 Å². The summed E-state index contributed by atoms with van der Waals surface area (Å²) in [5.74, 6) is 1.55. The number of aryl methyl sites for hydroxylation is 2. The van der Waals surface area contributed by atoms with E-state index >= 15 is 0 Å². The fourth-order valence-corrected chi connectivity index (χ4v) is 2.89. The third kappa shape index (κ3) is 2.01. The van der Waals surface area contributed by atoms with Gasteiger partial charge in [-0.2, -0.15) is 0 Å². The maximum Gasteiger partial charge on any atom is 0.0104 e. The van der Waals surface area contributed by atoms with Gasteiger partial charge < -0.3 is 5.32 Å². The van der Waals surface area contributed by atoms with Crippen molar-refractivity contribution in [1.82, 2.24) is 5.32 Å². The molecular formula is C15H23N. The van der Waals surface area contributed by atoms with Crippen LogP contribution in [0.25, 0.3) is 0 Å². The Labute approximate surface area is 99.3 Å². The summed E-state index contributed by atoms with van der Waals surface area (Å²) in [5, 5.41) is 3.57. The van der Waals surface area contributed by atoms with Gasteiger partial charge in [-0.3, -0.25) is 0 Å². The van der Waals surface area contributed by atoms with Crippen molar-refractivity contribution >= 4 is 0 Å². The zero-order valence-corrected chi connectivity index (χ0v) is 10.9. The second-order valence-electron chi connectivity index (χ2n) is 5.23. The Kier molecular flexibility index (Phi) is 3.34. The average molecular weight is 217 g/mol. The second kappa shape index (κ2) is 4.58. The van der Waals surface area contributed by atoms with Crippen molar-refractivity contribution in [2.45, 2.75) is 46.1 Å². The maximum absolute atomic E-state index is 3.57. The van der Waals surface area contributed by atoms with E-state index in [0.29, 0.717) is 0 Å². The highest BCUT2D eigenvalue weighted by atomic mass is 14.9. The van der Waals surface area contributed by atoms with E-state index in [1.54, 1.807) is 5.56 Å². The van der Waals surface area contributed by atoms with E-state index in [1.807, 2.05) is 0 Å². The monoisotopic (exact) mass is 217 g/mol. The molecule has 0 heterocycles. The predicted molar refractivity (Wildman–Crippen MR) is 69.9 cm³/mol. The van der Waals surface area contributed by atoms with Gasteiger partial charge in [-0.25, -0.2) is 0 Å². The van der Waals surface area contributed by atoms with Gasteiger partial charge >= 0.3 is 0 Å². The summed E-state index contributed by atoms with van der Waals surface area (Å²) < 4.78 is 0. The molecule has 1 aromatic rings. The van der Waals surface area contributed by atoms with Crippen molar-refractivity contribution in [3.63, 3.8) is 0 Å². The summed E-state index contributed by atoms with van der Waals surface area (Å²) in [6, 6.07) is 7.58. The van der Waals surface area contributed by atoms with Crippen LogP contribution in [0.1, 0.15) is 42.9 Å². The molecule has 0 bridgehead atoms. The molecule has 0 aliphatic heterocycles. The molecule has 1 aromatic carbocycles. The smallest absolute Gasteiger partial charge is 0.0104 e. The Morgan fingerprint density at radius 2 is 2.06 bits per heavy atom.